The first-order chi connectivity index (χ1) is 15.0. The molecule has 1 atom stereocenters. The van der Waals surface area contributed by atoms with Crippen molar-refractivity contribution in [2.24, 2.45) is 0 Å². The summed E-state index contributed by atoms with van der Waals surface area (Å²) in [6.07, 6.45) is 0.913. The van der Waals surface area contributed by atoms with Crippen LogP contribution in [0, 0.1) is 11.6 Å². The van der Waals surface area contributed by atoms with Crippen LogP contribution in [0.3, 0.4) is 0 Å². The molecule has 8 heteroatoms. The predicted molar refractivity (Wildman–Crippen MR) is 116 cm³/mol. The van der Waals surface area contributed by atoms with Crippen molar-refractivity contribution in [2.75, 3.05) is 18.4 Å². The van der Waals surface area contributed by atoms with Crippen molar-refractivity contribution < 1.29 is 18.4 Å². The highest BCUT2D eigenvalue weighted by Crippen LogP contribution is 2.30. The van der Waals surface area contributed by atoms with Crippen LogP contribution in [0.25, 0.3) is 0 Å². The van der Waals surface area contributed by atoms with E-state index < -0.39 is 23.4 Å². The van der Waals surface area contributed by atoms with Crippen LogP contribution in [0.2, 0.25) is 0 Å². The molecule has 2 N–H and O–H groups in total. The van der Waals surface area contributed by atoms with E-state index in [2.05, 4.69) is 27.7 Å². The van der Waals surface area contributed by atoms with Gasteiger partial charge in [-0.15, -0.1) is 11.3 Å². The van der Waals surface area contributed by atoms with Gasteiger partial charge in [-0.3, -0.25) is 14.5 Å². The molecule has 160 valence electrons. The van der Waals surface area contributed by atoms with E-state index in [1.807, 2.05) is 29.6 Å². The van der Waals surface area contributed by atoms with Gasteiger partial charge < -0.3 is 10.6 Å². The topological polar surface area (TPSA) is 61.4 Å². The van der Waals surface area contributed by atoms with Crippen LogP contribution in [0.1, 0.15) is 22.0 Å². The molecule has 2 amide bonds. The number of anilines is 1. The van der Waals surface area contributed by atoms with E-state index in [1.165, 1.54) is 11.1 Å². The Morgan fingerprint density at radius 1 is 1.03 bits per heavy atom. The fourth-order valence-electron chi connectivity index (χ4n) is 3.71. The lowest BCUT2D eigenvalue weighted by molar-refractivity contribution is -0.136. The summed E-state index contributed by atoms with van der Waals surface area (Å²) in [5.41, 5.74) is 2.34. The fourth-order valence-corrected chi connectivity index (χ4v) is 4.57. The zero-order chi connectivity index (χ0) is 21.8. The number of fused-ring (bicyclic) bond motifs is 1. The largest absolute Gasteiger partial charge is 0.346 e. The summed E-state index contributed by atoms with van der Waals surface area (Å²) in [6.45, 7) is 1.82. The Balaban J connectivity index is 1.42. The second-order valence-electron chi connectivity index (χ2n) is 7.31. The van der Waals surface area contributed by atoms with Crippen molar-refractivity contribution in [3.05, 3.63) is 87.6 Å². The van der Waals surface area contributed by atoms with Crippen molar-refractivity contribution in [3.63, 3.8) is 0 Å². The van der Waals surface area contributed by atoms with Gasteiger partial charge in [0.15, 0.2) is 0 Å². The average molecular weight is 442 g/mol. The molecule has 0 bridgehead atoms. The van der Waals surface area contributed by atoms with Crippen molar-refractivity contribution >= 4 is 28.8 Å². The molecule has 31 heavy (non-hydrogen) atoms. The first-order valence-electron chi connectivity index (χ1n) is 9.90. The number of rotatable bonds is 5. The molecule has 2 heterocycles. The maximum absolute atomic E-state index is 13.7. The minimum Gasteiger partial charge on any atom is -0.346 e. The normalized spacial score (nSPS) is 14.5. The third-order valence-electron chi connectivity index (χ3n) is 5.31. The van der Waals surface area contributed by atoms with E-state index in [1.54, 1.807) is 11.3 Å². The van der Waals surface area contributed by atoms with Gasteiger partial charge in [0.2, 0.25) is 0 Å². The van der Waals surface area contributed by atoms with E-state index in [-0.39, 0.29) is 18.3 Å². The summed E-state index contributed by atoms with van der Waals surface area (Å²) in [4.78, 5) is 27.9. The molecule has 2 aromatic carbocycles. The maximum atomic E-state index is 13.7. The average Bonchev–Trinajstić information content (AvgIpc) is 3.30. The molecule has 0 radical (unpaired) electrons. The third kappa shape index (κ3) is 4.98. The molecule has 0 aliphatic carbocycles. The van der Waals surface area contributed by atoms with Crippen molar-refractivity contribution in [1.82, 2.24) is 10.2 Å². The van der Waals surface area contributed by atoms with Crippen LogP contribution in [0.4, 0.5) is 14.5 Å². The number of carbonyl (C=O) groups excluding carboxylic acids is 2. The Kier molecular flexibility index (Phi) is 6.39. The van der Waals surface area contributed by atoms with Gasteiger partial charge in [0.1, 0.15) is 11.6 Å². The van der Waals surface area contributed by atoms with E-state index in [9.17, 15) is 18.4 Å². The van der Waals surface area contributed by atoms with E-state index >= 15 is 0 Å². The summed E-state index contributed by atoms with van der Waals surface area (Å²) >= 11 is 1.59. The smallest absolute Gasteiger partial charge is 0.313 e. The van der Waals surface area contributed by atoms with Gasteiger partial charge in [0, 0.05) is 30.6 Å². The Labute approximate surface area is 182 Å². The molecule has 0 saturated carbocycles. The number of amides is 2. The summed E-state index contributed by atoms with van der Waals surface area (Å²) in [7, 11) is 0. The first kappa shape index (κ1) is 21.1. The van der Waals surface area contributed by atoms with Gasteiger partial charge in [-0.05, 0) is 41.1 Å². The van der Waals surface area contributed by atoms with Crippen molar-refractivity contribution in [2.45, 2.75) is 19.0 Å². The Morgan fingerprint density at radius 2 is 1.84 bits per heavy atom. The molecule has 0 saturated heterocycles. The molecule has 1 aliphatic rings. The standard InChI is InChI=1S/C23H21F2N3O2S/c24-17-7-8-19(18(25)12-17)27-23(30)22(29)26-13-20(21-6-3-11-31-21)28-10-9-15-4-1-2-5-16(15)14-28/h1-8,11-12,20H,9-10,13-14H2,(H,26,29)(H,27,30). The van der Waals surface area contributed by atoms with Gasteiger partial charge >= 0.3 is 11.8 Å². The van der Waals surface area contributed by atoms with Crippen LogP contribution in [0.15, 0.2) is 60.0 Å². The minimum atomic E-state index is -1.00. The quantitative estimate of drug-likeness (QED) is 0.591. The second-order valence-corrected chi connectivity index (χ2v) is 8.29. The zero-order valence-electron chi connectivity index (χ0n) is 16.6. The summed E-state index contributed by atoms with van der Waals surface area (Å²) in [6, 6.07) is 14.9. The van der Waals surface area contributed by atoms with Crippen molar-refractivity contribution in [3.8, 4) is 0 Å². The molecule has 3 aromatic rings. The summed E-state index contributed by atoms with van der Waals surface area (Å²) in [5.74, 6) is -3.58. The molecular weight excluding hydrogens is 420 g/mol. The highest BCUT2D eigenvalue weighted by molar-refractivity contribution is 7.10. The molecule has 0 fully saturated rings. The minimum absolute atomic E-state index is 0.0901. The van der Waals surface area contributed by atoms with E-state index in [0.717, 1.165) is 36.5 Å². The Morgan fingerprint density at radius 3 is 2.58 bits per heavy atom. The van der Waals surface area contributed by atoms with Gasteiger partial charge in [-0.2, -0.15) is 0 Å². The van der Waals surface area contributed by atoms with Crippen molar-refractivity contribution in [1.29, 1.82) is 0 Å². The fraction of sp³-hybridized carbons (Fsp3) is 0.217. The van der Waals surface area contributed by atoms with Crippen LogP contribution < -0.4 is 10.6 Å². The molecule has 4 rings (SSSR count). The lowest BCUT2D eigenvalue weighted by Crippen LogP contribution is -2.43. The Hall–Kier alpha value is -3.10. The lowest BCUT2D eigenvalue weighted by atomic mass is 9.98. The number of nitrogens with one attached hydrogen (secondary N) is 2. The SMILES string of the molecule is O=C(NCC(c1cccs1)N1CCc2ccccc2C1)C(=O)Nc1ccc(F)cc1F. The number of thiophene rings is 1. The molecule has 0 spiro atoms. The third-order valence-corrected chi connectivity index (χ3v) is 6.29. The van der Waals surface area contributed by atoms with Gasteiger partial charge in [-0.1, -0.05) is 30.3 Å². The van der Waals surface area contributed by atoms with E-state index in [4.69, 9.17) is 0 Å². The van der Waals surface area contributed by atoms with Crippen LogP contribution >= 0.6 is 11.3 Å². The zero-order valence-corrected chi connectivity index (χ0v) is 17.4. The second kappa shape index (κ2) is 9.36. The molecule has 1 aliphatic heterocycles. The highest BCUT2D eigenvalue weighted by Gasteiger charge is 2.27. The monoisotopic (exact) mass is 441 g/mol. The first-order valence-corrected chi connectivity index (χ1v) is 10.8. The van der Waals surface area contributed by atoms with E-state index in [0.29, 0.717) is 6.07 Å². The van der Waals surface area contributed by atoms with Gasteiger partial charge in [0.25, 0.3) is 0 Å². The van der Waals surface area contributed by atoms with Crippen LogP contribution in [-0.2, 0) is 22.6 Å². The summed E-state index contributed by atoms with van der Waals surface area (Å²) in [5, 5.41) is 6.82. The molecule has 1 aromatic heterocycles. The van der Waals surface area contributed by atoms with Gasteiger partial charge in [-0.25, -0.2) is 8.78 Å². The predicted octanol–water partition coefficient (Wildman–Crippen LogP) is 3.88. The number of halogens is 2. The van der Waals surface area contributed by atoms with Crippen LogP contribution in [0.5, 0.6) is 0 Å². The van der Waals surface area contributed by atoms with Gasteiger partial charge in [0.05, 0.1) is 11.7 Å². The van der Waals surface area contributed by atoms with Crippen LogP contribution in [-0.4, -0.2) is 29.8 Å². The number of benzene rings is 2. The molecular formula is C23H21F2N3O2S. The lowest BCUT2D eigenvalue weighted by Gasteiger charge is -2.35. The molecule has 1 unspecified atom stereocenters. The maximum Gasteiger partial charge on any atom is 0.313 e. The number of hydrogen-bond donors (Lipinski definition) is 2. The summed E-state index contributed by atoms with van der Waals surface area (Å²) < 4.78 is 26.8. The number of nitrogens with zero attached hydrogens (tertiary/aromatic N) is 1. The molecule has 5 nitrogen and oxygen atoms in total. The number of carbonyl (C=O) groups is 2. The number of hydrogen-bond acceptors (Lipinski definition) is 4. The Bertz CT molecular complexity index is 1090. The highest BCUT2D eigenvalue weighted by atomic mass is 32.1.